The van der Waals surface area contributed by atoms with Crippen LogP contribution in [0.1, 0.15) is 23.9 Å². The van der Waals surface area contributed by atoms with Gasteiger partial charge in [0.2, 0.25) is 5.91 Å². The molecule has 1 amide bonds. The van der Waals surface area contributed by atoms with Gasteiger partial charge < -0.3 is 0 Å². The second-order valence-corrected chi connectivity index (χ2v) is 6.01. The highest BCUT2D eigenvalue weighted by Crippen LogP contribution is 2.21. The fourth-order valence-corrected chi connectivity index (χ4v) is 3.20. The van der Waals surface area contributed by atoms with Crippen molar-refractivity contribution in [3.63, 3.8) is 0 Å². The first kappa shape index (κ1) is 15.1. The molecular weight excluding hydrogens is 272 g/mol. The Morgan fingerprint density at radius 3 is 2.70 bits per heavy atom. The average Bonchev–Trinajstić information content (AvgIpc) is 2.98. The van der Waals surface area contributed by atoms with E-state index in [4.69, 9.17) is 0 Å². The van der Waals surface area contributed by atoms with Crippen molar-refractivity contribution in [2.45, 2.75) is 27.2 Å². The minimum atomic E-state index is -0.0490. The van der Waals surface area contributed by atoms with Gasteiger partial charge in [-0.25, -0.2) is 0 Å². The molecule has 1 aromatic rings. The van der Waals surface area contributed by atoms with Crippen LogP contribution in [0.4, 0.5) is 0 Å². The molecule has 0 saturated heterocycles. The first-order chi connectivity index (χ1) is 9.45. The van der Waals surface area contributed by atoms with E-state index >= 15 is 0 Å². The lowest BCUT2D eigenvalue weighted by atomic mass is 9.98. The summed E-state index contributed by atoms with van der Waals surface area (Å²) in [6.45, 7) is 7.48. The van der Waals surface area contributed by atoms with Crippen molar-refractivity contribution in [3.05, 3.63) is 17.0 Å². The van der Waals surface area contributed by atoms with E-state index in [0.29, 0.717) is 6.54 Å². The quantitative estimate of drug-likeness (QED) is 0.854. The van der Waals surface area contributed by atoms with Gasteiger partial charge in [-0.15, -0.1) is 0 Å². The van der Waals surface area contributed by atoms with E-state index in [1.54, 1.807) is 11.8 Å². The zero-order valence-electron chi connectivity index (χ0n) is 12.8. The van der Waals surface area contributed by atoms with Gasteiger partial charge >= 0.3 is 0 Å². The molecule has 0 radical (unpaired) electrons. The average molecular weight is 294 g/mol. The van der Waals surface area contributed by atoms with Crippen molar-refractivity contribution in [2.24, 2.45) is 18.0 Å². The fourth-order valence-electron chi connectivity index (χ4n) is 2.58. The third-order valence-corrected chi connectivity index (χ3v) is 4.56. The summed E-state index contributed by atoms with van der Waals surface area (Å²) in [6.07, 6.45) is 2.70. The monoisotopic (exact) mass is 294 g/mol. The molecule has 0 spiro atoms. The molecule has 1 atom stereocenters. The molecule has 0 fully saturated rings. The van der Waals surface area contributed by atoms with Crippen LogP contribution in [0.5, 0.6) is 0 Å². The number of rotatable bonds is 3. The predicted octanol–water partition coefficient (Wildman–Crippen LogP) is 1.78. The van der Waals surface area contributed by atoms with Crippen LogP contribution in [0.15, 0.2) is 4.99 Å². The van der Waals surface area contributed by atoms with Gasteiger partial charge in [-0.2, -0.15) is 5.10 Å². The van der Waals surface area contributed by atoms with E-state index in [0.717, 1.165) is 29.5 Å². The Morgan fingerprint density at radius 2 is 2.15 bits per heavy atom. The first-order valence-corrected chi connectivity index (χ1v) is 8.07. The highest BCUT2D eigenvalue weighted by atomic mass is 32.2. The van der Waals surface area contributed by atoms with Gasteiger partial charge in [-0.1, -0.05) is 18.7 Å². The van der Waals surface area contributed by atoms with E-state index in [-0.39, 0.29) is 11.8 Å². The normalized spacial score (nSPS) is 16.4. The van der Waals surface area contributed by atoms with E-state index in [1.807, 2.05) is 36.7 Å². The van der Waals surface area contributed by atoms with Crippen LogP contribution < -0.4 is 0 Å². The van der Waals surface area contributed by atoms with Crippen LogP contribution in [-0.4, -0.2) is 45.1 Å². The van der Waals surface area contributed by atoms with Gasteiger partial charge in [0.15, 0.2) is 5.17 Å². The topological polar surface area (TPSA) is 50.5 Å². The molecule has 0 aliphatic carbocycles. The first-order valence-electron chi connectivity index (χ1n) is 6.84. The van der Waals surface area contributed by atoms with Crippen molar-refractivity contribution in [3.8, 4) is 0 Å². The van der Waals surface area contributed by atoms with Crippen LogP contribution in [-0.2, 0) is 18.3 Å². The number of thioether (sulfide) groups is 1. The third-order valence-electron chi connectivity index (χ3n) is 3.84. The Labute approximate surface area is 124 Å². The van der Waals surface area contributed by atoms with Gasteiger partial charge in [0.1, 0.15) is 0 Å². The highest BCUT2D eigenvalue weighted by Gasteiger charge is 2.28. The summed E-state index contributed by atoms with van der Waals surface area (Å²) in [5.41, 5.74) is 3.35. The second-order valence-electron chi connectivity index (χ2n) is 5.24. The van der Waals surface area contributed by atoms with E-state index < -0.39 is 0 Å². The smallest absolute Gasteiger partial charge is 0.231 e. The molecule has 0 aromatic carbocycles. The number of aliphatic imine (C=N–C) groups is 1. The maximum absolute atomic E-state index is 12.6. The third kappa shape index (κ3) is 2.75. The van der Waals surface area contributed by atoms with Crippen molar-refractivity contribution >= 4 is 22.8 Å². The lowest BCUT2D eigenvalue weighted by Gasteiger charge is -2.21. The SMILES string of the molecule is CSC1=NCCN1C(=O)[C@H](C)Cc1c(C)nn(C)c1C. The van der Waals surface area contributed by atoms with Crippen LogP contribution in [0.25, 0.3) is 0 Å². The molecule has 1 aliphatic rings. The van der Waals surface area contributed by atoms with Gasteiger partial charge in [-0.3, -0.25) is 19.4 Å². The van der Waals surface area contributed by atoms with E-state index in [9.17, 15) is 4.79 Å². The van der Waals surface area contributed by atoms with Crippen molar-refractivity contribution in [2.75, 3.05) is 19.3 Å². The maximum Gasteiger partial charge on any atom is 0.231 e. The number of hydrogen-bond acceptors (Lipinski definition) is 4. The minimum absolute atomic E-state index is 0.0490. The number of carbonyl (C=O) groups is 1. The Bertz CT molecular complexity index is 550. The summed E-state index contributed by atoms with van der Waals surface area (Å²) in [5.74, 6) is 0.116. The molecule has 2 rings (SSSR count). The molecule has 5 nitrogen and oxygen atoms in total. The zero-order chi connectivity index (χ0) is 14.9. The Balaban J connectivity index is 2.10. The largest absolute Gasteiger partial charge is 0.289 e. The minimum Gasteiger partial charge on any atom is -0.289 e. The molecular formula is C14H22N4OS. The summed E-state index contributed by atoms with van der Waals surface area (Å²) >= 11 is 1.54. The van der Waals surface area contributed by atoms with Gasteiger partial charge in [-0.05, 0) is 32.1 Å². The molecule has 110 valence electrons. The highest BCUT2D eigenvalue weighted by molar-refractivity contribution is 8.13. The van der Waals surface area contributed by atoms with Crippen LogP contribution in [0, 0.1) is 19.8 Å². The van der Waals surface area contributed by atoms with Crippen LogP contribution >= 0.6 is 11.8 Å². The lowest BCUT2D eigenvalue weighted by molar-refractivity contribution is -0.130. The maximum atomic E-state index is 12.6. The van der Waals surface area contributed by atoms with Gasteiger partial charge in [0.25, 0.3) is 0 Å². The molecule has 20 heavy (non-hydrogen) atoms. The number of hydrogen-bond donors (Lipinski definition) is 0. The Hall–Kier alpha value is -1.30. The molecule has 6 heteroatoms. The summed E-state index contributed by atoms with van der Waals surface area (Å²) in [5, 5.41) is 5.26. The van der Waals surface area contributed by atoms with Gasteiger partial charge in [0, 0.05) is 25.2 Å². The second kappa shape index (κ2) is 5.99. The molecule has 0 saturated carbocycles. The van der Waals surface area contributed by atoms with Crippen molar-refractivity contribution in [1.82, 2.24) is 14.7 Å². The number of carbonyl (C=O) groups excluding carboxylic acids is 1. The molecule has 0 bridgehead atoms. The van der Waals surface area contributed by atoms with Crippen LogP contribution in [0.2, 0.25) is 0 Å². The summed E-state index contributed by atoms with van der Waals surface area (Å²) in [6, 6.07) is 0. The number of amides is 1. The molecule has 0 N–H and O–H groups in total. The fraction of sp³-hybridized carbons (Fsp3) is 0.643. The molecule has 1 aliphatic heterocycles. The summed E-state index contributed by atoms with van der Waals surface area (Å²) in [4.78, 5) is 18.7. The Kier molecular flexibility index (Phi) is 4.52. The Morgan fingerprint density at radius 1 is 1.45 bits per heavy atom. The number of nitrogens with zero attached hydrogens (tertiary/aromatic N) is 4. The van der Waals surface area contributed by atoms with Crippen LogP contribution in [0.3, 0.4) is 0 Å². The van der Waals surface area contributed by atoms with Gasteiger partial charge in [0.05, 0.1) is 12.2 Å². The van der Waals surface area contributed by atoms with Crippen molar-refractivity contribution in [1.29, 1.82) is 0 Å². The number of amidine groups is 1. The number of aryl methyl sites for hydroxylation is 2. The lowest BCUT2D eigenvalue weighted by Crippen LogP contribution is -2.37. The summed E-state index contributed by atoms with van der Waals surface area (Å²) in [7, 11) is 1.94. The standard InChI is InChI=1S/C14H22N4OS/c1-9(8-12-10(2)16-17(4)11(12)3)13(19)18-7-6-15-14(18)20-5/h9H,6-8H2,1-5H3/t9-/m1/s1. The van der Waals surface area contributed by atoms with E-state index in [1.165, 1.54) is 5.56 Å². The van der Waals surface area contributed by atoms with Crippen molar-refractivity contribution < 1.29 is 4.79 Å². The number of aromatic nitrogens is 2. The molecule has 2 heterocycles. The predicted molar refractivity (Wildman–Crippen MR) is 83.1 cm³/mol. The molecule has 0 unspecified atom stereocenters. The zero-order valence-corrected chi connectivity index (χ0v) is 13.6. The summed E-state index contributed by atoms with van der Waals surface area (Å²) < 4.78 is 1.88. The molecule has 1 aromatic heterocycles. The van der Waals surface area contributed by atoms with E-state index in [2.05, 4.69) is 17.0 Å².